The number of aromatic carboxylic acids is 1. The summed E-state index contributed by atoms with van der Waals surface area (Å²) < 4.78 is 18.3. The Balaban J connectivity index is 2.26. The van der Waals surface area contributed by atoms with Crippen molar-refractivity contribution in [3.63, 3.8) is 0 Å². The molecule has 2 aromatic rings. The van der Waals surface area contributed by atoms with Crippen LogP contribution < -0.4 is 10.1 Å². The lowest BCUT2D eigenvalue weighted by Crippen LogP contribution is -2.16. The third-order valence-electron chi connectivity index (χ3n) is 2.68. The molecule has 1 heterocycles. The van der Waals surface area contributed by atoms with Crippen molar-refractivity contribution in [3.05, 3.63) is 53.5 Å². The molecule has 0 fully saturated rings. The number of rotatable bonds is 4. The number of pyridine rings is 1. The van der Waals surface area contributed by atoms with E-state index in [1.54, 1.807) is 0 Å². The van der Waals surface area contributed by atoms with Crippen LogP contribution in [0.2, 0.25) is 0 Å². The summed E-state index contributed by atoms with van der Waals surface area (Å²) in [7, 11) is 1.31. The number of hydrogen-bond acceptors (Lipinski definition) is 4. The predicted octanol–water partition coefficient (Wildman–Crippen LogP) is 2.18. The molecule has 0 saturated carbocycles. The fourth-order valence-electron chi connectivity index (χ4n) is 1.66. The van der Waals surface area contributed by atoms with Crippen molar-refractivity contribution in [1.29, 1.82) is 0 Å². The fourth-order valence-corrected chi connectivity index (χ4v) is 1.66. The highest BCUT2D eigenvalue weighted by Crippen LogP contribution is 2.19. The summed E-state index contributed by atoms with van der Waals surface area (Å²) in [5, 5.41) is 11.3. The van der Waals surface area contributed by atoms with E-state index in [1.165, 1.54) is 37.6 Å². The number of nitrogens with zero attached hydrogens (tertiary/aromatic N) is 1. The zero-order valence-electron chi connectivity index (χ0n) is 11.0. The van der Waals surface area contributed by atoms with Crippen LogP contribution >= 0.6 is 0 Å². The first kappa shape index (κ1) is 14.4. The van der Waals surface area contributed by atoms with Crippen LogP contribution in [0.4, 0.5) is 10.2 Å². The Morgan fingerprint density at radius 1 is 1.33 bits per heavy atom. The van der Waals surface area contributed by atoms with Crippen molar-refractivity contribution >= 4 is 17.7 Å². The Hall–Kier alpha value is -2.96. The Bertz CT molecular complexity index is 703. The molecule has 7 heteroatoms. The SMILES string of the molecule is COc1ccc(C(=O)Nc2ncccc2C(=O)O)cc1F. The minimum Gasteiger partial charge on any atom is -0.494 e. The van der Waals surface area contributed by atoms with Crippen molar-refractivity contribution in [2.24, 2.45) is 0 Å². The molecule has 0 aliphatic heterocycles. The second-order valence-corrected chi connectivity index (χ2v) is 4.01. The van der Waals surface area contributed by atoms with E-state index in [1.807, 2.05) is 0 Å². The predicted molar refractivity (Wildman–Crippen MR) is 72.1 cm³/mol. The molecule has 1 aromatic heterocycles. The lowest BCUT2D eigenvalue weighted by atomic mass is 10.2. The first-order valence-corrected chi connectivity index (χ1v) is 5.86. The summed E-state index contributed by atoms with van der Waals surface area (Å²) in [6, 6.07) is 6.41. The van der Waals surface area contributed by atoms with Crippen LogP contribution in [0.25, 0.3) is 0 Å². The van der Waals surface area contributed by atoms with E-state index in [-0.39, 0.29) is 22.7 Å². The molecule has 1 amide bonds. The van der Waals surface area contributed by atoms with Crippen LogP contribution in [0.1, 0.15) is 20.7 Å². The molecule has 1 aromatic carbocycles. The average Bonchev–Trinajstić information content (AvgIpc) is 2.47. The van der Waals surface area contributed by atoms with E-state index in [4.69, 9.17) is 9.84 Å². The molecule has 0 aliphatic rings. The third-order valence-corrected chi connectivity index (χ3v) is 2.68. The number of carbonyl (C=O) groups is 2. The molecule has 6 nitrogen and oxygen atoms in total. The van der Waals surface area contributed by atoms with Crippen LogP contribution in [-0.4, -0.2) is 29.1 Å². The number of hydrogen-bond donors (Lipinski definition) is 2. The van der Waals surface area contributed by atoms with Gasteiger partial charge in [-0.25, -0.2) is 14.2 Å². The highest BCUT2D eigenvalue weighted by Gasteiger charge is 2.15. The molecule has 2 rings (SSSR count). The summed E-state index contributed by atoms with van der Waals surface area (Å²) in [6.07, 6.45) is 1.34. The van der Waals surface area contributed by atoms with E-state index in [0.29, 0.717) is 0 Å². The molecule has 0 bridgehead atoms. The number of benzene rings is 1. The number of carboxylic acid groups (broad SMARTS) is 1. The average molecular weight is 290 g/mol. The van der Waals surface area contributed by atoms with Gasteiger partial charge in [-0.15, -0.1) is 0 Å². The van der Waals surface area contributed by atoms with Gasteiger partial charge < -0.3 is 15.2 Å². The Morgan fingerprint density at radius 3 is 2.71 bits per heavy atom. The topological polar surface area (TPSA) is 88.5 Å². The van der Waals surface area contributed by atoms with Crippen LogP contribution in [0.5, 0.6) is 5.75 Å². The van der Waals surface area contributed by atoms with Gasteiger partial charge in [-0.05, 0) is 30.3 Å². The lowest BCUT2D eigenvalue weighted by molar-refractivity contribution is 0.0697. The number of aromatic nitrogens is 1. The van der Waals surface area contributed by atoms with Gasteiger partial charge in [0.1, 0.15) is 11.4 Å². The maximum Gasteiger partial charge on any atom is 0.339 e. The van der Waals surface area contributed by atoms with Crippen LogP contribution in [0.3, 0.4) is 0 Å². The zero-order chi connectivity index (χ0) is 15.4. The minimum atomic E-state index is -1.22. The molecule has 0 radical (unpaired) electrons. The van der Waals surface area contributed by atoms with Crippen LogP contribution in [0.15, 0.2) is 36.5 Å². The number of ether oxygens (including phenoxy) is 1. The molecular weight excluding hydrogens is 279 g/mol. The largest absolute Gasteiger partial charge is 0.494 e. The summed E-state index contributed by atoms with van der Waals surface area (Å²) in [5.41, 5.74) is -0.130. The van der Waals surface area contributed by atoms with Gasteiger partial charge in [0, 0.05) is 11.8 Å². The number of halogens is 1. The van der Waals surface area contributed by atoms with Crippen molar-refractivity contribution in [1.82, 2.24) is 4.98 Å². The highest BCUT2D eigenvalue weighted by molar-refractivity contribution is 6.06. The van der Waals surface area contributed by atoms with Crippen LogP contribution in [-0.2, 0) is 0 Å². The molecular formula is C14H11FN2O4. The lowest BCUT2D eigenvalue weighted by Gasteiger charge is -2.08. The van der Waals surface area contributed by atoms with E-state index in [2.05, 4.69) is 10.3 Å². The van der Waals surface area contributed by atoms with Gasteiger partial charge >= 0.3 is 5.97 Å². The smallest absolute Gasteiger partial charge is 0.339 e. The van der Waals surface area contributed by atoms with Crippen molar-refractivity contribution < 1.29 is 23.8 Å². The summed E-state index contributed by atoms with van der Waals surface area (Å²) in [6.45, 7) is 0. The maximum absolute atomic E-state index is 13.5. The number of methoxy groups -OCH3 is 1. The van der Waals surface area contributed by atoms with Gasteiger partial charge in [0.25, 0.3) is 5.91 Å². The third kappa shape index (κ3) is 3.14. The summed E-state index contributed by atoms with van der Waals surface area (Å²) in [4.78, 5) is 26.8. The molecule has 108 valence electrons. The van der Waals surface area contributed by atoms with Crippen molar-refractivity contribution in [2.45, 2.75) is 0 Å². The summed E-state index contributed by atoms with van der Waals surface area (Å²) >= 11 is 0. The maximum atomic E-state index is 13.5. The van der Waals surface area contributed by atoms with Crippen molar-refractivity contribution in [2.75, 3.05) is 12.4 Å². The normalized spacial score (nSPS) is 10.0. The highest BCUT2D eigenvalue weighted by atomic mass is 19.1. The number of carbonyl (C=O) groups excluding carboxylic acids is 1. The summed E-state index contributed by atoms with van der Waals surface area (Å²) in [5.74, 6) is -2.68. The minimum absolute atomic E-state index is 0.00983. The fraction of sp³-hybridized carbons (Fsp3) is 0.0714. The molecule has 0 atom stereocenters. The number of anilines is 1. The molecule has 21 heavy (non-hydrogen) atoms. The van der Waals surface area contributed by atoms with E-state index < -0.39 is 17.7 Å². The van der Waals surface area contributed by atoms with Gasteiger partial charge in [-0.2, -0.15) is 0 Å². The molecule has 0 unspecified atom stereocenters. The number of nitrogens with one attached hydrogen (secondary N) is 1. The van der Waals surface area contributed by atoms with Gasteiger partial charge in [-0.3, -0.25) is 4.79 Å². The molecule has 2 N–H and O–H groups in total. The Kier molecular flexibility index (Phi) is 4.13. The number of carboxylic acids is 1. The van der Waals surface area contributed by atoms with Gasteiger partial charge in [0.05, 0.1) is 7.11 Å². The Labute approximate surface area is 119 Å². The van der Waals surface area contributed by atoms with Gasteiger partial charge in [-0.1, -0.05) is 0 Å². The molecule has 0 saturated heterocycles. The van der Waals surface area contributed by atoms with Gasteiger partial charge in [0.2, 0.25) is 0 Å². The first-order chi connectivity index (χ1) is 10.0. The first-order valence-electron chi connectivity index (χ1n) is 5.86. The molecule has 0 spiro atoms. The Morgan fingerprint density at radius 2 is 2.10 bits per heavy atom. The molecule has 0 aliphatic carbocycles. The standard InChI is InChI=1S/C14H11FN2O4/c1-21-11-5-4-8(7-10(11)15)13(18)17-12-9(14(19)20)3-2-6-16-12/h2-7H,1H3,(H,19,20)(H,16,17,18). The van der Waals surface area contributed by atoms with Crippen molar-refractivity contribution in [3.8, 4) is 5.75 Å². The van der Waals surface area contributed by atoms with Crippen LogP contribution in [0, 0.1) is 5.82 Å². The van der Waals surface area contributed by atoms with Gasteiger partial charge in [0.15, 0.2) is 11.6 Å². The second-order valence-electron chi connectivity index (χ2n) is 4.01. The van der Waals surface area contributed by atoms with E-state index in [9.17, 15) is 14.0 Å². The number of amides is 1. The van der Waals surface area contributed by atoms with E-state index >= 15 is 0 Å². The second kappa shape index (κ2) is 6.00. The zero-order valence-corrected chi connectivity index (χ0v) is 11.0. The van der Waals surface area contributed by atoms with E-state index in [0.717, 1.165) is 6.07 Å². The monoisotopic (exact) mass is 290 g/mol. The quantitative estimate of drug-likeness (QED) is 0.901.